The van der Waals surface area contributed by atoms with E-state index in [4.69, 9.17) is 4.74 Å². The molecule has 2 aromatic heterocycles. The number of likely N-dealkylation sites (tertiary alicyclic amines) is 1. The van der Waals surface area contributed by atoms with E-state index in [1.54, 1.807) is 31.5 Å². The number of halogens is 3. The van der Waals surface area contributed by atoms with Crippen LogP contribution in [0.3, 0.4) is 0 Å². The van der Waals surface area contributed by atoms with Crippen molar-refractivity contribution in [1.29, 1.82) is 0 Å². The van der Waals surface area contributed by atoms with Crippen LogP contribution >= 0.6 is 11.3 Å². The van der Waals surface area contributed by atoms with Gasteiger partial charge in [-0.25, -0.2) is 4.98 Å². The van der Waals surface area contributed by atoms with E-state index in [1.165, 1.54) is 30.6 Å². The van der Waals surface area contributed by atoms with E-state index in [-0.39, 0.29) is 12.0 Å². The van der Waals surface area contributed by atoms with Crippen LogP contribution in [-0.4, -0.2) is 47.3 Å². The van der Waals surface area contributed by atoms with Crippen LogP contribution in [0.15, 0.2) is 42.7 Å². The molecule has 38 heavy (non-hydrogen) atoms. The Balaban J connectivity index is 1.25. The predicted molar refractivity (Wildman–Crippen MR) is 139 cm³/mol. The lowest BCUT2D eigenvalue weighted by Gasteiger charge is -2.26. The van der Waals surface area contributed by atoms with Gasteiger partial charge in [-0.1, -0.05) is 23.3 Å². The van der Waals surface area contributed by atoms with Crippen molar-refractivity contribution in [1.82, 2.24) is 14.9 Å². The number of nitrogens with zero attached hydrogens (tertiary/aromatic N) is 3. The van der Waals surface area contributed by atoms with E-state index in [9.17, 15) is 18.0 Å². The van der Waals surface area contributed by atoms with Crippen LogP contribution in [0.5, 0.6) is 0 Å². The van der Waals surface area contributed by atoms with Crippen molar-refractivity contribution in [2.24, 2.45) is 5.41 Å². The maximum atomic E-state index is 13.0. The van der Waals surface area contributed by atoms with Crippen molar-refractivity contribution >= 4 is 28.1 Å². The van der Waals surface area contributed by atoms with Crippen LogP contribution in [-0.2, 0) is 10.9 Å². The molecule has 1 saturated carbocycles. The van der Waals surface area contributed by atoms with E-state index in [0.29, 0.717) is 21.8 Å². The van der Waals surface area contributed by atoms with Crippen LogP contribution < -0.4 is 10.6 Å². The Kier molecular flexibility index (Phi) is 7.13. The van der Waals surface area contributed by atoms with Crippen LogP contribution in [0.4, 0.5) is 24.0 Å². The second kappa shape index (κ2) is 10.4. The fourth-order valence-electron chi connectivity index (χ4n) is 4.45. The van der Waals surface area contributed by atoms with E-state index in [1.807, 2.05) is 6.92 Å². The third-order valence-electron chi connectivity index (χ3n) is 6.87. The van der Waals surface area contributed by atoms with E-state index in [0.717, 1.165) is 41.9 Å². The van der Waals surface area contributed by atoms with Gasteiger partial charge in [0.25, 0.3) is 5.91 Å². The molecule has 1 aliphatic carbocycles. The zero-order valence-corrected chi connectivity index (χ0v) is 21.7. The van der Waals surface area contributed by atoms with Gasteiger partial charge >= 0.3 is 6.18 Å². The molecule has 11 heteroatoms. The summed E-state index contributed by atoms with van der Waals surface area (Å²) >= 11 is 1.42. The van der Waals surface area contributed by atoms with Gasteiger partial charge in [0.2, 0.25) is 0 Å². The highest BCUT2D eigenvalue weighted by molar-refractivity contribution is 7.16. The molecule has 198 valence electrons. The first-order valence-corrected chi connectivity index (χ1v) is 12.9. The summed E-state index contributed by atoms with van der Waals surface area (Å²) in [5.74, 6) is 5.47. The molecule has 0 bridgehead atoms. The zero-order valence-electron chi connectivity index (χ0n) is 20.9. The van der Waals surface area contributed by atoms with Crippen molar-refractivity contribution in [3.8, 4) is 11.8 Å². The zero-order chi connectivity index (χ0) is 26.9. The van der Waals surface area contributed by atoms with Gasteiger partial charge in [-0.15, -0.1) is 0 Å². The number of aromatic nitrogens is 2. The summed E-state index contributed by atoms with van der Waals surface area (Å²) < 4.78 is 44.6. The van der Waals surface area contributed by atoms with Gasteiger partial charge in [0.05, 0.1) is 16.6 Å². The van der Waals surface area contributed by atoms with E-state index >= 15 is 0 Å². The maximum Gasteiger partial charge on any atom is 0.416 e. The number of carbonyl (C=O) groups is 1. The first-order chi connectivity index (χ1) is 18.1. The number of hydrogen-bond donors (Lipinski definition) is 2. The first kappa shape index (κ1) is 26.2. The smallest absolute Gasteiger partial charge is 0.348 e. The molecule has 3 heterocycles. The molecule has 1 aromatic carbocycles. The molecule has 1 aliphatic heterocycles. The number of hydrogen-bond acceptors (Lipinski definition) is 7. The molecule has 1 spiro atoms. The third-order valence-corrected chi connectivity index (χ3v) is 7.71. The lowest BCUT2D eigenvalue weighted by Crippen LogP contribution is -2.41. The largest absolute Gasteiger partial charge is 0.416 e. The number of thiazole rings is 1. The van der Waals surface area contributed by atoms with E-state index < -0.39 is 17.6 Å². The summed E-state index contributed by atoms with van der Waals surface area (Å²) in [6.45, 7) is 3.92. The second-order valence-corrected chi connectivity index (χ2v) is 10.7. The highest BCUT2D eigenvalue weighted by Crippen LogP contribution is 2.53. The minimum Gasteiger partial charge on any atom is -0.348 e. The monoisotopic (exact) mass is 541 g/mol. The molecule has 7 nitrogen and oxygen atoms in total. The Hall–Kier alpha value is -3.46. The number of benzene rings is 1. The first-order valence-electron chi connectivity index (χ1n) is 12.1. The molecule has 0 radical (unpaired) electrons. The summed E-state index contributed by atoms with van der Waals surface area (Å²) in [4.78, 5) is 23.8. The number of pyridine rings is 1. The van der Waals surface area contributed by atoms with Crippen molar-refractivity contribution in [2.75, 3.05) is 30.8 Å². The molecular formula is C27H26F3N5O2S. The van der Waals surface area contributed by atoms with Crippen molar-refractivity contribution in [3.63, 3.8) is 0 Å². The van der Waals surface area contributed by atoms with Crippen molar-refractivity contribution < 1.29 is 22.7 Å². The number of alkyl halides is 3. The fourth-order valence-corrected chi connectivity index (χ4v) is 5.13. The third kappa shape index (κ3) is 5.99. The highest BCUT2D eigenvalue weighted by atomic mass is 32.1. The van der Waals surface area contributed by atoms with Gasteiger partial charge in [-0.3, -0.25) is 14.7 Å². The Morgan fingerprint density at radius 1 is 1.18 bits per heavy atom. The van der Waals surface area contributed by atoms with Gasteiger partial charge in [0.1, 0.15) is 5.69 Å². The quantitative estimate of drug-likeness (QED) is 0.324. The number of ether oxygens (including phenoxy) is 1. The summed E-state index contributed by atoms with van der Waals surface area (Å²) in [6, 6.07) is 6.67. The Bertz CT molecular complexity index is 1410. The molecule has 1 unspecified atom stereocenters. The van der Waals surface area contributed by atoms with Crippen molar-refractivity contribution in [2.45, 2.75) is 38.7 Å². The molecule has 3 aromatic rings. The lowest BCUT2D eigenvalue weighted by atomic mass is 10.1. The Morgan fingerprint density at radius 2 is 2.00 bits per heavy atom. The SMILES string of the molecule is COC(Nc1ncc(C#Cc2cc(NC(=O)c3cc(C(F)(F)F)ccn3)ccc2C)s1)N1CCC2(CC2)C1. The summed E-state index contributed by atoms with van der Waals surface area (Å²) in [5, 5.41) is 6.65. The molecule has 1 amide bonds. The summed E-state index contributed by atoms with van der Waals surface area (Å²) in [6.07, 6.45) is 1.65. The van der Waals surface area contributed by atoms with Crippen LogP contribution in [0.1, 0.15) is 51.3 Å². The second-order valence-electron chi connectivity index (χ2n) is 9.64. The molecule has 2 fully saturated rings. The van der Waals surface area contributed by atoms with Crippen LogP contribution in [0.2, 0.25) is 0 Å². The Morgan fingerprint density at radius 3 is 2.71 bits per heavy atom. The Labute approximate surface area is 222 Å². The molecule has 2 aliphatic rings. The predicted octanol–water partition coefficient (Wildman–Crippen LogP) is 5.35. The molecule has 2 N–H and O–H groups in total. The highest BCUT2D eigenvalue weighted by Gasteiger charge is 2.49. The molecule has 5 rings (SSSR count). The van der Waals surface area contributed by atoms with Crippen LogP contribution in [0, 0.1) is 24.2 Å². The van der Waals surface area contributed by atoms with Gasteiger partial charge < -0.3 is 15.4 Å². The number of amides is 1. The number of anilines is 2. The average Bonchev–Trinajstić information content (AvgIpc) is 3.29. The summed E-state index contributed by atoms with van der Waals surface area (Å²) in [5.41, 5.74) is 1.19. The van der Waals surface area contributed by atoms with Gasteiger partial charge in [0.15, 0.2) is 11.5 Å². The molecule has 1 saturated heterocycles. The normalized spacial score (nSPS) is 17.1. The van der Waals surface area contributed by atoms with Crippen molar-refractivity contribution in [3.05, 3.63) is 70.0 Å². The van der Waals surface area contributed by atoms with Gasteiger partial charge in [0, 0.05) is 37.6 Å². The number of rotatable bonds is 6. The number of carbonyl (C=O) groups excluding carboxylic acids is 1. The number of methoxy groups -OCH3 is 1. The molecule has 1 atom stereocenters. The van der Waals surface area contributed by atoms with Crippen LogP contribution in [0.25, 0.3) is 0 Å². The summed E-state index contributed by atoms with van der Waals surface area (Å²) in [7, 11) is 1.68. The minimum atomic E-state index is -4.56. The number of nitrogens with one attached hydrogen (secondary N) is 2. The molecular weight excluding hydrogens is 515 g/mol. The fraction of sp³-hybridized carbons (Fsp3) is 0.370. The maximum absolute atomic E-state index is 13.0. The minimum absolute atomic E-state index is 0.240. The average molecular weight is 542 g/mol. The topological polar surface area (TPSA) is 79.4 Å². The van der Waals surface area contributed by atoms with E-state index in [2.05, 4.69) is 37.3 Å². The lowest BCUT2D eigenvalue weighted by molar-refractivity contribution is -0.137. The number of aryl methyl sites for hydroxylation is 1. The standard InChI is InChI=1S/C27H26F3N5O2S/c1-17-3-5-20(33-23(36)22-14-19(7-11-31-22)27(28,29)30)13-18(17)4-6-21-15-32-24(38-21)34-25(37-2)35-12-10-26(16-35)8-9-26/h3,5,7,11,13-15,25H,8-10,12,16H2,1-2H3,(H,32,34)(H,33,36). The van der Waals surface area contributed by atoms with Gasteiger partial charge in [-0.05, 0) is 67.4 Å². The van der Waals surface area contributed by atoms with Gasteiger partial charge in [-0.2, -0.15) is 13.2 Å².